The molecule has 2 rings (SSSR count). The van der Waals surface area contributed by atoms with E-state index < -0.39 is 0 Å². The molecule has 96 valence electrons. The lowest BCUT2D eigenvalue weighted by molar-refractivity contribution is 0.137. The summed E-state index contributed by atoms with van der Waals surface area (Å²) >= 11 is 0. The van der Waals surface area contributed by atoms with Gasteiger partial charge in [0, 0.05) is 26.2 Å². The summed E-state index contributed by atoms with van der Waals surface area (Å²) in [7, 11) is 0. The van der Waals surface area contributed by atoms with Gasteiger partial charge in [0.2, 0.25) is 0 Å². The second kappa shape index (κ2) is 7.00. The standard InChI is InChI=1S/C14H18N2O2/c15-12-13-3-1-4-14(11-13)18-10-7-16-5-2-8-17-9-6-16/h1,3-4,11H,2,5-10H2. The molecule has 0 radical (unpaired) electrons. The lowest BCUT2D eigenvalue weighted by Gasteiger charge is -2.18. The van der Waals surface area contributed by atoms with E-state index in [2.05, 4.69) is 11.0 Å². The molecule has 18 heavy (non-hydrogen) atoms. The zero-order chi connectivity index (χ0) is 12.6. The Labute approximate surface area is 108 Å². The minimum atomic E-state index is 0.635. The van der Waals surface area contributed by atoms with Gasteiger partial charge in [0.05, 0.1) is 18.2 Å². The van der Waals surface area contributed by atoms with Crippen LogP contribution in [0.15, 0.2) is 24.3 Å². The Morgan fingerprint density at radius 3 is 3.17 bits per heavy atom. The molecule has 0 bridgehead atoms. The van der Waals surface area contributed by atoms with E-state index in [1.807, 2.05) is 12.1 Å². The zero-order valence-corrected chi connectivity index (χ0v) is 10.5. The topological polar surface area (TPSA) is 45.5 Å². The Hall–Kier alpha value is -1.57. The van der Waals surface area contributed by atoms with Crippen LogP contribution in [0.3, 0.4) is 0 Å². The third-order valence-corrected chi connectivity index (χ3v) is 2.95. The van der Waals surface area contributed by atoms with E-state index in [0.717, 1.165) is 45.0 Å². The SMILES string of the molecule is N#Cc1cccc(OCCN2CCCOCC2)c1. The zero-order valence-electron chi connectivity index (χ0n) is 10.5. The minimum Gasteiger partial charge on any atom is -0.492 e. The van der Waals surface area contributed by atoms with Gasteiger partial charge in [0.1, 0.15) is 12.4 Å². The lowest BCUT2D eigenvalue weighted by Crippen LogP contribution is -2.30. The maximum Gasteiger partial charge on any atom is 0.120 e. The van der Waals surface area contributed by atoms with Gasteiger partial charge in [0.15, 0.2) is 0 Å². The molecule has 0 atom stereocenters. The van der Waals surface area contributed by atoms with Gasteiger partial charge in [-0.05, 0) is 24.6 Å². The van der Waals surface area contributed by atoms with Crippen molar-refractivity contribution in [3.8, 4) is 11.8 Å². The van der Waals surface area contributed by atoms with Crippen molar-refractivity contribution >= 4 is 0 Å². The number of nitrogens with zero attached hydrogens (tertiary/aromatic N) is 2. The van der Waals surface area contributed by atoms with Gasteiger partial charge < -0.3 is 9.47 Å². The maximum absolute atomic E-state index is 8.79. The van der Waals surface area contributed by atoms with E-state index in [1.54, 1.807) is 12.1 Å². The Kier molecular flexibility index (Phi) is 5.00. The molecule has 1 aromatic rings. The van der Waals surface area contributed by atoms with E-state index in [1.165, 1.54) is 0 Å². The third-order valence-electron chi connectivity index (χ3n) is 2.95. The molecular weight excluding hydrogens is 228 g/mol. The van der Waals surface area contributed by atoms with E-state index in [4.69, 9.17) is 14.7 Å². The molecule has 1 saturated heterocycles. The molecule has 0 unspecified atom stereocenters. The molecule has 0 amide bonds. The normalized spacial score (nSPS) is 16.8. The minimum absolute atomic E-state index is 0.635. The molecule has 0 spiro atoms. The summed E-state index contributed by atoms with van der Waals surface area (Å²) in [4.78, 5) is 2.35. The average Bonchev–Trinajstić information content (AvgIpc) is 2.68. The number of nitriles is 1. The largest absolute Gasteiger partial charge is 0.492 e. The summed E-state index contributed by atoms with van der Waals surface area (Å²) in [5.74, 6) is 0.764. The molecule has 1 heterocycles. The van der Waals surface area contributed by atoms with Crippen LogP contribution in [0.5, 0.6) is 5.75 Å². The number of rotatable bonds is 4. The molecule has 1 aliphatic rings. The number of hydrogen-bond acceptors (Lipinski definition) is 4. The van der Waals surface area contributed by atoms with Crippen LogP contribution < -0.4 is 4.74 Å². The first-order valence-corrected chi connectivity index (χ1v) is 6.31. The summed E-state index contributed by atoms with van der Waals surface area (Å²) in [5, 5.41) is 8.79. The number of ether oxygens (including phenoxy) is 2. The number of benzene rings is 1. The highest BCUT2D eigenvalue weighted by molar-refractivity contribution is 5.36. The first-order valence-electron chi connectivity index (χ1n) is 6.31. The fourth-order valence-electron chi connectivity index (χ4n) is 1.97. The van der Waals surface area contributed by atoms with Crippen molar-refractivity contribution in [1.29, 1.82) is 5.26 Å². The smallest absolute Gasteiger partial charge is 0.120 e. The van der Waals surface area contributed by atoms with Gasteiger partial charge in [-0.2, -0.15) is 5.26 Å². The molecule has 0 aromatic heterocycles. The second-order valence-electron chi connectivity index (χ2n) is 4.30. The Morgan fingerprint density at radius 1 is 1.33 bits per heavy atom. The summed E-state index contributed by atoms with van der Waals surface area (Å²) in [6.45, 7) is 5.27. The lowest BCUT2D eigenvalue weighted by atomic mass is 10.2. The summed E-state index contributed by atoms with van der Waals surface area (Å²) in [6, 6.07) is 9.38. The second-order valence-corrected chi connectivity index (χ2v) is 4.30. The van der Waals surface area contributed by atoms with Crippen LogP contribution in [0, 0.1) is 11.3 Å². The van der Waals surface area contributed by atoms with Crippen molar-refractivity contribution in [2.24, 2.45) is 0 Å². The van der Waals surface area contributed by atoms with E-state index >= 15 is 0 Å². The highest BCUT2D eigenvalue weighted by Gasteiger charge is 2.08. The molecule has 1 fully saturated rings. The maximum atomic E-state index is 8.79. The predicted octanol–water partition coefficient (Wildman–Crippen LogP) is 1.66. The Morgan fingerprint density at radius 2 is 2.28 bits per heavy atom. The van der Waals surface area contributed by atoms with Crippen molar-refractivity contribution in [2.45, 2.75) is 6.42 Å². The first-order chi connectivity index (χ1) is 8.88. The van der Waals surface area contributed by atoms with E-state index in [9.17, 15) is 0 Å². The Bertz CT molecular complexity index is 407. The van der Waals surface area contributed by atoms with Gasteiger partial charge in [-0.3, -0.25) is 4.90 Å². The van der Waals surface area contributed by atoms with Gasteiger partial charge in [-0.15, -0.1) is 0 Å². The van der Waals surface area contributed by atoms with Crippen molar-refractivity contribution in [3.63, 3.8) is 0 Å². The van der Waals surface area contributed by atoms with Crippen LogP contribution in [-0.4, -0.2) is 44.4 Å². The third kappa shape index (κ3) is 4.02. The molecule has 0 saturated carbocycles. The summed E-state index contributed by atoms with van der Waals surface area (Å²) in [5.41, 5.74) is 0.635. The van der Waals surface area contributed by atoms with Crippen LogP contribution in [0.25, 0.3) is 0 Å². The van der Waals surface area contributed by atoms with Crippen molar-refractivity contribution in [3.05, 3.63) is 29.8 Å². The van der Waals surface area contributed by atoms with Crippen molar-refractivity contribution < 1.29 is 9.47 Å². The molecule has 4 nitrogen and oxygen atoms in total. The average molecular weight is 246 g/mol. The van der Waals surface area contributed by atoms with Crippen LogP contribution in [-0.2, 0) is 4.74 Å². The molecular formula is C14H18N2O2. The predicted molar refractivity (Wildman–Crippen MR) is 68.5 cm³/mol. The quantitative estimate of drug-likeness (QED) is 0.810. The van der Waals surface area contributed by atoms with Crippen LogP contribution in [0.1, 0.15) is 12.0 Å². The van der Waals surface area contributed by atoms with Gasteiger partial charge in [-0.1, -0.05) is 6.07 Å². The van der Waals surface area contributed by atoms with Crippen LogP contribution >= 0.6 is 0 Å². The summed E-state index contributed by atoms with van der Waals surface area (Å²) in [6.07, 6.45) is 1.09. The fourth-order valence-corrected chi connectivity index (χ4v) is 1.97. The Balaban J connectivity index is 1.75. The first kappa shape index (κ1) is 12.9. The highest BCUT2D eigenvalue weighted by Crippen LogP contribution is 2.12. The molecule has 0 aliphatic carbocycles. The monoisotopic (exact) mass is 246 g/mol. The molecule has 4 heteroatoms. The molecule has 1 aromatic carbocycles. The van der Waals surface area contributed by atoms with Gasteiger partial charge >= 0.3 is 0 Å². The van der Waals surface area contributed by atoms with Crippen molar-refractivity contribution in [2.75, 3.05) is 39.5 Å². The van der Waals surface area contributed by atoms with Gasteiger partial charge in [-0.25, -0.2) is 0 Å². The van der Waals surface area contributed by atoms with Gasteiger partial charge in [0.25, 0.3) is 0 Å². The number of hydrogen-bond donors (Lipinski definition) is 0. The fraction of sp³-hybridized carbons (Fsp3) is 0.500. The summed E-state index contributed by atoms with van der Waals surface area (Å²) < 4.78 is 11.1. The van der Waals surface area contributed by atoms with Crippen LogP contribution in [0.4, 0.5) is 0 Å². The highest BCUT2D eigenvalue weighted by atomic mass is 16.5. The van der Waals surface area contributed by atoms with Crippen molar-refractivity contribution in [1.82, 2.24) is 4.90 Å². The van der Waals surface area contributed by atoms with E-state index in [0.29, 0.717) is 12.2 Å². The van der Waals surface area contributed by atoms with Crippen LogP contribution in [0.2, 0.25) is 0 Å². The van der Waals surface area contributed by atoms with E-state index in [-0.39, 0.29) is 0 Å². The molecule has 0 N–H and O–H groups in total. The molecule has 1 aliphatic heterocycles.